The molecule has 0 bridgehead atoms. The fourth-order valence-corrected chi connectivity index (χ4v) is 2.14. The molecule has 0 fully saturated rings. The molecule has 0 amide bonds. The van der Waals surface area contributed by atoms with Crippen LogP contribution in [0.3, 0.4) is 0 Å². The van der Waals surface area contributed by atoms with Gasteiger partial charge in [0.15, 0.2) is 17.5 Å². The van der Waals surface area contributed by atoms with Gasteiger partial charge in [0.05, 0.1) is 23.8 Å². The second-order valence-corrected chi connectivity index (χ2v) is 4.38. The Morgan fingerprint density at radius 3 is 2.38 bits per heavy atom. The Morgan fingerprint density at radius 2 is 1.76 bits per heavy atom. The molecular formula is C14H10F3N3O. The maximum atomic E-state index is 13.4. The fourth-order valence-electron chi connectivity index (χ4n) is 2.14. The average molecular weight is 293 g/mol. The number of benzene rings is 2. The number of hydrogen-bond donors (Lipinski definition) is 1. The Bertz CT molecular complexity index is 822. The van der Waals surface area contributed by atoms with Crippen LogP contribution in [0.25, 0.3) is 16.7 Å². The minimum Gasteiger partial charge on any atom is -0.497 e. The van der Waals surface area contributed by atoms with Crippen molar-refractivity contribution in [3.05, 3.63) is 47.8 Å². The Morgan fingerprint density at radius 1 is 1.10 bits per heavy atom. The third kappa shape index (κ3) is 2.06. The summed E-state index contributed by atoms with van der Waals surface area (Å²) < 4.78 is 46.3. The quantitative estimate of drug-likeness (QED) is 0.739. The van der Waals surface area contributed by atoms with E-state index in [1.807, 2.05) is 0 Å². The summed E-state index contributed by atoms with van der Waals surface area (Å²) in [6.45, 7) is 0. The first kappa shape index (κ1) is 13.3. The third-order valence-electron chi connectivity index (χ3n) is 3.11. The van der Waals surface area contributed by atoms with Crippen LogP contribution in [0.15, 0.2) is 30.3 Å². The van der Waals surface area contributed by atoms with Crippen molar-refractivity contribution in [3.8, 4) is 11.4 Å². The van der Waals surface area contributed by atoms with Crippen LogP contribution in [0.1, 0.15) is 0 Å². The molecule has 7 heteroatoms. The van der Waals surface area contributed by atoms with Gasteiger partial charge in [-0.1, -0.05) is 0 Å². The summed E-state index contributed by atoms with van der Waals surface area (Å²) in [5.41, 5.74) is 6.85. The lowest BCUT2D eigenvalue weighted by atomic mass is 10.2. The molecule has 0 radical (unpaired) electrons. The van der Waals surface area contributed by atoms with E-state index in [-0.39, 0.29) is 11.6 Å². The molecule has 21 heavy (non-hydrogen) atoms. The second-order valence-electron chi connectivity index (χ2n) is 4.38. The van der Waals surface area contributed by atoms with Crippen LogP contribution in [0, 0.1) is 17.5 Å². The highest BCUT2D eigenvalue weighted by atomic mass is 19.2. The SMILES string of the molecule is COc1ccc2nc(N)n(-c3cc(F)c(F)c(F)c3)c2c1. The number of halogens is 3. The number of rotatable bonds is 2. The van der Waals surface area contributed by atoms with E-state index < -0.39 is 17.5 Å². The van der Waals surface area contributed by atoms with Crippen LogP contribution in [0.4, 0.5) is 19.1 Å². The van der Waals surface area contributed by atoms with Gasteiger partial charge in [0, 0.05) is 18.2 Å². The maximum Gasteiger partial charge on any atom is 0.205 e. The molecule has 2 aromatic carbocycles. The maximum absolute atomic E-state index is 13.4. The summed E-state index contributed by atoms with van der Waals surface area (Å²) in [5.74, 6) is -3.56. The number of imidazole rings is 1. The Kier molecular flexibility index (Phi) is 2.97. The highest BCUT2D eigenvalue weighted by Crippen LogP contribution is 2.27. The number of nitrogens with two attached hydrogens (primary N) is 1. The van der Waals surface area contributed by atoms with Gasteiger partial charge < -0.3 is 10.5 Å². The van der Waals surface area contributed by atoms with Gasteiger partial charge in [0.2, 0.25) is 5.95 Å². The van der Waals surface area contributed by atoms with Crippen molar-refractivity contribution >= 4 is 17.0 Å². The first-order valence-electron chi connectivity index (χ1n) is 5.98. The Hall–Kier alpha value is -2.70. The van der Waals surface area contributed by atoms with Crippen LogP contribution in [0.2, 0.25) is 0 Å². The topological polar surface area (TPSA) is 53.1 Å². The van der Waals surface area contributed by atoms with Crippen LogP contribution in [0.5, 0.6) is 5.75 Å². The van der Waals surface area contributed by atoms with Crippen LogP contribution < -0.4 is 10.5 Å². The van der Waals surface area contributed by atoms with E-state index in [0.29, 0.717) is 16.8 Å². The molecule has 1 aromatic heterocycles. The zero-order valence-corrected chi connectivity index (χ0v) is 10.9. The van der Waals surface area contributed by atoms with Gasteiger partial charge in [0.1, 0.15) is 5.75 Å². The summed E-state index contributed by atoms with van der Waals surface area (Å²) in [7, 11) is 1.49. The molecule has 0 atom stereocenters. The van der Waals surface area contributed by atoms with Gasteiger partial charge >= 0.3 is 0 Å². The summed E-state index contributed by atoms with van der Waals surface area (Å²) in [4.78, 5) is 4.09. The lowest BCUT2D eigenvalue weighted by molar-refractivity contribution is 0.415. The van der Waals surface area contributed by atoms with Crippen LogP contribution in [-0.2, 0) is 0 Å². The molecule has 108 valence electrons. The smallest absolute Gasteiger partial charge is 0.205 e. The first-order valence-corrected chi connectivity index (χ1v) is 5.98. The van der Waals surface area contributed by atoms with E-state index in [0.717, 1.165) is 12.1 Å². The van der Waals surface area contributed by atoms with E-state index >= 15 is 0 Å². The number of nitrogen functional groups attached to an aromatic ring is 1. The number of anilines is 1. The molecule has 3 rings (SSSR count). The van der Waals surface area contributed by atoms with Gasteiger partial charge in [-0.3, -0.25) is 4.57 Å². The van der Waals surface area contributed by atoms with E-state index in [1.165, 1.54) is 11.7 Å². The second kappa shape index (κ2) is 4.69. The largest absolute Gasteiger partial charge is 0.497 e. The Balaban J connectivity index is 2.31. The third-order valence-corrected chi connectivity index (χ3v) is 3.11. The van der Waals surface area contributed by atoms with Crippen molar-refractivity contribution in [1.82, 2.24) is 9.55 Å². The van der Waals surface area contributed by atoms with E-state index in [9.17, 15) is 13.2 Å². The molecule has 0 aliphatic carbocycles. The molecule has 0 aliphatic heterocycles. The van der Waals surface area contributed by atoms with E-state index in [4.69, 9.17) is 10.5 Å². The number of hydrogen-bond acceptors (Lipinski definition) is 3. The zero-order chi connectivity index (χ0) is 15.1. The highest BCUT2D eigenvalue weighted by molar-refractivity contribution is 5.82. The fraction of sp³-hybridized carbons (Fsp3) is 0.0714. The predicted octanol–water partition coefficient (Wildman–Crippen LogP) is 3.03. The number of fused-ring (bicyclic) bond motifs is 1. The molecule has 4 nitrogen and oxygen atoms in total. The molecule has 0 unspecified atom stereocenters. The van der Waals surface area contributed by atoms with Crippen molar-refractivity contribution in [3.63, 3.8) is 0 Å². The van der Waals surface area contributed by atoms with Gasteiger partial charge in [-0.25, -0.2) is 18.2 Å². The number of nitrogens with zero attached hydrogens (tertiary/aromatic N) is 2. The van der Waals surface area contributed by atoms with Crippen molar-refractivity contribution in [2.75, 3.05) is 12.8 Å². The molecule has 0 saturated carbocycles. The average Bonchev–Trinajstić information content (AvgIpc) is 2.79. The van der Waals surface area contributed by atoms with Gasteiger partial charge in [-0.05, 0) is 12.1 Å². The van der Waals surface area contributed by atoms with Crippen molar-refractivity contribution in [2.45, 2.75) is 0 Å². The molecular weight excluding hydrogens is 283 g/mol. The first-order chi connectivity index (χ1) is 10.0. The zero-order valence-electron chi connectivity index (χ0n) is 10.9. The van der Waals surface area contributed by atoms with Crippen molar-refractivity contribution in [2.24, 2.45) is 0 Å². The standard InChI is InChI=1S/C14H10F3N3O/c1-21-8-2-3-11-12(6-8)20(14(18)19-11)7-4-9(15)13(17)10(16)5-7/h2-6H,1H3,(H2,18,19). The Labute approximate surface area is 117 Å². The van der Waals surface area contributed by atoms with Gasteiger partial charge in [-0.15, -0.1) is 0 Å². The summed E-state index contributed by atoms with van der Waals surface area (Å²) in [5, 5.41) is 0. The number of ether oxygens (including phenoxy) is 1. The van der Waals surface area contributed by atoms with Crippen molar-refractivity contribution in [1.29, 1.82) is 0 Å². The van der Waals surface area contributed by atoms with Crippen LogP contribution in [-0.4, -0.2) is 16.7 Å². The molecule has 0 spiro atoms. The van der Waals surface area contributed by atoms with E-state index in [2.05, 4.69) is 4.98 Å². The minimum atomic E-state index is -1.53. The van der Waals surface area contributed by atoms with E-state index in [1.54, 1.807) is 18.2 Å². The number of methoxy groups -OCH3 is 1. The highest BCUT2D eigenvalue weighted by Gasteiger charge is 2.16. The molecule has 0 saturated heterocycles. The normalized spacial score (nSPS) is 11.0. The number of aromatic nitrogens is 2. The monoisotopic (exact) mass is 293 g/mol. The molecule has 2 N–H and O–H groups in total. The lowest BCUT2D eigenvalue weighted by Crippen LogP contribution is -2.03. The lowest BCUT2D eigenvalue weighted by Gasteiger charge is -2.08. The summed E-state index contributed by atoms with van der Waals surface area (Å²) >= 11 is 0. The van der Waals surface area contributed by atoms with Gasteiger partial charge in [-0.2, -0.15) is 0 Å². The van der Waals surface area contributed by atoms with Crippen LogP contribution >= 0.6 is 0 Å². The van der Waals surface area contributed by atoms with Crippen molar-refractivity contribution < 1.29 is 17.9 Å². The summed E-state index contributed by atoms with van der Waals surface area (Å²) in [6, 6.07) is 6.69. The van der Waals surface area contributed by atoms with Gasteiger partial charge in [0.25, 0.3) is 0 Å². The molecule has 0 aliphatic rings. The summed E-state index contributed by atoms with van der Waals surface area (Å²) in [6.07, 6.45) is 0. The predicted molar refractivity (Wildman–Crippen MR) is 71.9 cm³/mol. The molecule has 1 heterocycles. The minimum absolute atomic E-state index is 0.0312. The molecule has 3 aromatic rings.